The number of carbonyl (C=O) groups excluding carboxylic acids is 2. The summed E-state index contributed by atoms with van der Waals surface area (Å²) in [5.74, 6) is -0.690. The Morgan fingerprint density at radius 1 is 1.07 bits per heavy atom. The number of fused-ring (bicyclic) bond motifs is 1. The first-order valence-electron chi connectivity index (χ1n) is 8.09. The van der Waals surface area contributed by atoms with Crippen LogP contribution in [-0.2, 0) is 4.79 Å². The molecular formula is C20H17N3O4. The minimum absolute atomic E-state index is 0.114. The van der Waals surface area contributed by atoms with Gasteiger partial charge in [-0.3, -0.25) is 9.59 Å². The lowest BCUT2D eigenvalue weighted by Gasteiger charge is -2.06. The summed E-state index contributed by atoms with van der Waals surface area (Å²) in [5, 5.41) is 15.6. The van der Waals surface area contributed by atoms with Gasteiger partial charge in [0.2, 0.25) is 0 Å². The predicted octanol–water partition coefficient (Wildman–Crippen LogP) is 2.17. The molecule has 0 saturated carbocycles. The minimum atomic E-state index is -0.555. The van der Waals surface area contributed by atoms with Crippen LogP contribution >= 0.6 is 0 Å². The predicted molar refractivity (Wildman–Crippen MR) is 102 cm³/mol. The summed E-state index contributed by atoms with van der Waals surface area (Å²) in [6.45, 7) is -0.196. The second-order valence-corrected chi connectivity index (χ2v) is 5.74. The van der Waals surface area contributed by atoms with Crippen molar-refractivity contribution in [3.63, 3.8) is 0 Å². The molecule has 0 unspecified atom stereocenters. The number of benzene rings is 3. The van der Waals surface area contributed by atoms with Gasteiger partial charge in [0.15, 0.2) is 6.61 Å². The SMILES string of the molecule is NC(=O)COc1ccc(C=NNC(=O)c2cc3ccccc3cc2O)cc1. The van der Waals surface area contributed by atoms with Crippen LogP contribution in [0.4, 0.5) is 0 Å². The lowest BCUT2D eigenvalue weighted by atomic mass is 10.1. The number of hydrazone groups is 1. The van der Waals surface area contributed by atoms with Crippen molar-refractivity contribution in [3.05, 3.63) is 71.8 Å². The van der Waals surface area contributed by atoms with E-state index >= 15 is 0 Å². The van der Waals surface area contributed by atoms with E-state index in [-0.39, 0.29) is 17.9 Å². The first kappa shape index (κ1) is 17.9. The molecule has 0 aliphatic heterocycles. The molecule has 0 aromatic heterocycles. The molecule has 3 aromatic rings. The van der Waals surface area contributed by atoms with Crippen molar-refractivity contribution in [1.82, 2.24) is 5.43 Å². The van der Waals surface area contributed by atoms with E-state index in [0.29, 0.717) is 11.3 Å². The van der Waals surface area contributed by atoms with E-state index in [1.165, 1.54) is 6.21 Å². The van der Waals surface area contributed by atoms with Gasteiger partial charge in [-0.15, -0.1) is 0 Å². The number of hydrogen-bond acceptors (Lipinski definition) is 5. The molecule has 0 atom stereocenters. The maximum absolute atomic E-state index is 12.3. The number of nitrogens with two attached hydrogens (primary N) is 1. The Labute approximate surface area is 155 Å². The smallest absolute Gasteiger partial charge is 0.275 e. The van der Waals surface area contributed by atoms with Gasteiger partial charge in [-0.25, -0.2) is 5.43 Å². The summed E-state index contributed by atoms with van der Waals surface area (Å²) < 4.78 is 5.15. The highest BCUT2D eigenvalue weighted by atomic mass is 16.5. The summed E-state index contributed by atoms with van der Waals surface area (Å²) >= 11 is 0. The normalized spacial score (nSPS) is 10.8. The molecule has 0 spiro atoms. The van der Waals surface area contributed by atoms with Crippen molar-refractivity contribution in [2.75, 3.05) is 6.61 Å². The van der Waals surface area contributed by atoms with Gasteiger partial charge in [-0.05, 0) is 52.7 Å². The number of aromatic hydroxyl groups is 1. The van der Waals surface area contributed by atoms with Crippen LogP contribution in [0.5, 0.6) is 11.5 Å². The van der Waals surface area contributed by atoms with Gasteiger partial charge >= 0.3 is 0 Å². The lowest BCUT2D eigenvalue weighted by molar-refractivity contribution is -0.119. The number of phenols is 1. The van der Waals surface area contributed by atoms with Crippen LogP contribution in [0.1, 0.15) is 15.9 Å². The van der Waals surface area contributed by atoms with E-state index in [4.69, 9.17) is 10.5 Å². The van der Waals surface area contributed by atoms with E-state index in [9.17, 15) is 14.7 Å². The Morgan fingerprint density at radius 3 is 2.41 bits per heavy atom. The molecule has 0 aliphatic carbocycles. The molecule has 0 saturated heterocycles. The van der Waals surface area contributed by atoms with Gasteiger partial charge in [-0.2, -0.15) is 5.10 Å². The fourth-order valence-electron chi connectivity index (χ4n) is 2.44. The summed E-state index contributed by atoms with van der Waals surface area (Å²) in [6, 6.07) is 17.3. The van der Waals surface area contributed by atoms with Crippen LogP contribution < -0.4 is 15.9 Å². The third kappa shape index (κ3) is 4.60. The molecule has 0 aliphatic rings. The quantitative estimate of drug-likeness (QED) is 0.460. The number of phenolic OH excluding ortho intramolecular Hbond substituents is 1. The third-order valence-corrected chi connectivity index (χ3v) is 3.75. The molecule has 0 heterocycles. The van der Waals surface area contributed by atoms with Crippen molar-refractivity contribution >= 4 is 28.8 Å². The molecule has 7 nitrogen and oxygen atoms in total. The first-order valence-corrected chi connectivity index (χ1v) is 8.09. The maximum Gasteiger partial charge on any atom is 0.275 e. The van der Waals surface area contributed by atoms with Crippen LogP contribution in [0.25, 0.3) is 10.8 Å². The van der Waals surface area contributed by atoms with Crippen LogP contribution in [-0.4, -0.2) is 29.7 Å². The molecule has 3 rings (SSSR count). The summed E-state index contributed by atoms with van der Waals surface area (Å²) in [6.07, 6.45) is 1.45. The van der Waals surface area contributed by atoms with Crippen molar-refractivity contribution in [2.45, 2.75) is 0 Å². The van der Waals surface area contributed by atoms with Gasteiger partial charge < -0.3 is 15.6 Å². The Hall–Kier alpha value is -3.87. The number of nitrogens with zero attached hydrogens (tertiary/aromatic N) is 1. The molecule has 3 aromatic carbocycles. The Balaban J connectivity index is 1.65. The lowest BCUT2D eigenvalue weighted by Crippen LogP contribution is -2.20. The largest absolute Gasteiger partial charge is 0.507 e. The standard InChI is InChI=1S/C20H17N3O4/c21-19(25)12-27-16-7-5-13(6-8-16)11-22-23-20(26)17-9-14-3-1-2-4-15(14)10-18(17)24/h1-11,24H,12H2,(H2,21,25)(H,23,26). The number of amides is 2. The Bertz CT molecular complexity index is 1010. The van der Waals surface area contributed by atoms with Gasteiger partial charge in [0.25, 0.3) is 11.8 Å². The van der Waals surface area contributed by atoms with Crippen molar-refractivity contribution in [3.8, 4) is 11.5 Å². The molecule has 2 amide bonds. The van der Waals surface area contributed by atoms with Crippen molar-refractivity contribution in [1.29, 1.82) is 0 Å². The third-order valence-electron chi connectivity index (χ3n) is 3.75. The van der Waals surface area contributed by atoms with E-state index in [0.717, 1.165) is 10.8 Å². The molecule has 4 N–H and O–H groups in total. The van der Waals surface area contributed by atoms with Crippen LogP contribution in [0.2, 0.25) is 0 Å². The maximum atomic E-state index is 12.3. The van der Waals surface area contributed by atoms with Crippen molar-refractivity contribution in [2.24, 2.45) is 10.8 Å². The zero-order valence-electron chi connectivity index (χ0n) is 14.3. The molecule has 136 valence electrons. The van der Waals surface area contributed by atoms with Gasteiger partial charge in [0.1, 0.15) is 11.5 Å². The topological polar surface area (TPSA) is 114 Å². The summed E-state index contributed by atoms with van der Waals surface area (Å²) in [4.78, 5) is 22.9. The summed E-state index contributed by atoms with van der Waals surface area (Å²) in [7, 11) is 0. The van der Waals surface area contributed by atoms with E-state index < -0.39 is 11.8 Å². The number of carbonyl (C=O) groups is 2. The first-order chi connectivity index (χ1) is 13.0. The molecule has 7 heteroatoms. The highest BCUT2D eigenvalue weighted by Gasteiger charge is 2.11. The van der Waals surface area contributed by atoms with E-state index in [1.54, 1.807) is 36.4 Å². The number of hydrogen-bond donors (Lipinski definition) is 3. The number of rotatable bonds is 6. The Kier molecular flexibility index (Phi) is 5.32. The number of primary amides is 1. The molecule has 0 fully saturated rings. The van der Waals surface area contributed by atoms with E-state index in [1.807, 2.05) is 24.3 Å². The molecule has 27 heavy (non-hydrogen) atoms. The van der Waals surface area contributed by atoms with E-state index in [2.05, 4.69) is 10.5 Å². The fourth-order valence-corrected chi connectivity index (χ4v) is 2.44. The zero-order valence-corrected chi connectivity index (χ0v) is 14.3. The van der Waals surface area contributed by atoms with Crippen molar-refractivity contribution < 1.29 is 19.4 Å². The number of nitrogens with one attached hydrogen (secondary N) is 1. The van der Waals surface area contributed by atoms with Crippen LogP contribution in [0.3, 0.4) is 0 Å². The minimum Gasteiger partial charge on any atom is -0.507 e. The second kappa shape index (κ2) is 8.01. The number of ether oxygens (including phenoxy) is 1. The molecule has 0 bridgehead atoms. The summed E-state index contributed by atoms with van der Waals surface area (Å²) in [5.41, 5.74) is 8.25. The fraction of sp³-hybridized carbons (Fsp3) is 0.0500. The average Bonchev–Trinajstić information content (AvgIpc) is 2.66. The van der Waals surface area contributed by atoms with Crippen LogP contribution in [0.15, 0.2) is 65.8 Å². The van der Waals surface area contributed by atoms with Gasteiger partial charge in [-0.1, -0.05) is 24.3 Å². The highest BCUT2D eigenvalue weighted by molar-refractivity contribution is 6.01. The van der Waals surface area contributed by atoms with Gasteiger partial charge in [0, 0.05) is 0 Å². The average molecular weight is 363 g/mol. The van der Waals surface area contributed by atoms with Gasteiger partial charge in [0.05, 0.1) is 11.8 Å². The zero-order chi connectivity index (χ0) is 19.2. The second-order valence-electron chi connectivity index (χ2n) is 5.74. The monoisotopic (exact) mass is 363 g/mol. The highest BCUT2D eigenvalue weighted by Crippen LogP contribution is 2.24. The van der Waals surface area contributed by atoms with Crippen LogP contribution in [0, 0.1) is 0 Å². The molecule has 0 radical (unpaired) electrons. The molecular weight excluding hydrogens is 346 g/mol. The Morgan fingerprint density at radius 2 is 1.74 bits per heavy atom.